The van der Waals surface area contributed by atoms with Crippen LogP contribution >= 0.6 is 7.26 Å². The minimum atomic E-state index is -0.659. The summed E-state index contributed by atoms with van der Waals surface area (Å²) in [5.74, 6) is 0. The van der Waals surface area contributed by atoms with Crippen LogP contribution in [0.2, 0.25) is 0 Å². The topological polar surface area (TPSA) is 0 Å². The van der Waals surface area contributed by atoms with Gasteiger partial charge in [-0.1, -0.05) is 91.9 Å². The fourth-order valence-corrected chi connectivity index (χ4v) is 9.33. The zero-order valence-corrected chi connectivity index (χ0v) is 20.2. The van der Waals surface area contributed by atoms with Crippen molar-refractivity contribution in [3.8, 4) is 0 Å². The van der Waals surface area contributed by atoms with Crippen LogP contribution in [0.3, 0.4) is 0 Å². The van der Waals surface area contributed by atoms with Crippen LogP contribution in [-0.2, 0) is 0 Å². The Morgan fingerprint density at radius 1 is 0.308 bits per heavy atom. The third kappa shape index (κ3) is 15.5. The first kappa shape index (κ1) is 26.4. The number of unbranched alkanes of at least 4 members (excludes halogenated alkanes) is 13. The van der Waals surface area contributed by atoms with Gasteiger partial charge in [0.15, 0.2) is 0 Å². The van der Waals surface area contributed by atoms with Crippen LogP contribution in [0.25, 0.3) is 0 Å². The standard InChI is InChI=1S/C25H54P/c1-5-9-13-16-19-23-26(22-12-8-4,24-20-17-14-10-6-2)25-21-18-15-11-7-3/h5-25H2,1-4H3/q+1. The second-order valence-corrected chi connectivity index (χ2v) is 13.3. The second kappa shape index (κ2) is 20.2. The van der Waals surface area contributed by atoms with Crippen LogP contribution < -0.4 is 0 Å². The van der Waals surface area contributed by atoms with Crippen molar-refractivity contribution in [2.24, 2.45) is 0 Å². The van der Waals surface area contributed by atoms with E-state index in [1.54, 1.807) is 43.9 Å². The lowest BCUT2D eigenvalue weighted by atomic mass is 10.2. The Labute approximate surface area is 169 Å². The van der Waals surface area contributed by atoms with Crippen LogP contribution in [0.4, 0.5) is 0 Å². The van der Waals surface area contributed by atoms with Crippen LogP contribution in [0.15, 0.2) is 0 Å². The predicted molar refractivity (Wildman–Crippen MR) is 128 cm³/mol. The Morgan fingerprint density at radius 3 is 0.885 bits per heavy atom. The van der Waals surface area contributed by atoms with Crippen molar-refractivity contribution in [1.82, 2.24) is 0 Å². The average Bonchev–Trinajstić information content (AvgIpc) is 2.65. The van der Waals surface area contributed by atoms with E-state index in [-0.39, 0.29) is 0 Å². The number of rotatable bonds is 21. The van der Waals surface area contributed by atoms with E-state index < -0.39 is 7.26 Å². The summed E-state index contributed by atoms with van der Waals surface area (Å²) in [4.78, 5) is 0. The van der Waals surface area contributed by atoms with Gasteiger partial charge in [0, 0.05) is 7.26 Å². The van der Waals surface area contributed by atoms with Gasteiger partial charge >= 0.3 is 0 Å². The second-order valence-electron chi connectivity index (χ2n) is 8.83. The van der Waals surface area contributed by atoms with Gasteiger partial charge in [-0.2, -0.15) is 0 Å². The molecule has 0 aromatic rings. The van der Waals surface area contributed by atoms with Crippen molar-refractivity contribution in [2.45, 2.75) is 137 Å². The molecular formula is C25H54P+. The zero-order chi connectivity index (χ0) is 19.3. The molecular weight excluding hydrogens is 331 g/mol. The maximum Gasteiger partial charge on any atom is 0.0594 e. The van der Waals surface area contributed by atoms with Crippen molar-refractivity contribution >= 4 is 7.26 Å². The highest BCUT2D eigenvalue weighted by Crippen LogP contribution is 2.61. The molecule has 0 bridgehead atoms. The van der Waals surface area contributed by atoms with E-state index in [0.717, 1.165) is 0 Å². The molecule has 0 radical (unpaired) electrons. The first-order valence-corrected chi connectivity index (χ1v) is 15.1. The van der Waals surface area contributed by atoms with E-state index >= 15 is 0 Å². The summed E-state index contributed by atoms with van der Waals surface area (Å²) >= 11 is 0. The largest absolute Gasteiger partial charge is 0.0654 e. The van der Waals surface area contributed by atoms with Gasteiger partial charge in [0.1, 0.15) is 0 Å². The average molecular weight is 386 g/mol. The molecule has 0 N–H and O–H groups in total. The molecule has 0 heterocycles. The molecule has 0 unspecified atom stereocenters. The molecule has 0 atom stereocenters. The summed E-state index contributed by atoms with van der Waals surface area (Å²) in [6.45, 7) is 9.42. The zero-order valence-electron chi connectivity index (χ0n) is 19.3. The molecule has 0 nitrogen and oxygen atoms in total. The lowest BCUT2D eigenvalue weighted by Crippen LogP contribution is -2.13. The Morgan fingerprint density at radius 2 is 0.577 bits per heavy atom. The Balaban J connectivity index is 4.52. The van der Waals surface area contributed by atoms with Crippen molar-refractivity contribution in [3.63, 3.8) is 0 Å². The molecule has 0 amide bonds. The van der Waals surface area contributed by atoms with Gasteiger partial charge in [-0.25, -0.2) is 0 Å². The van der Waals surface area contributed by atoms with Crippen molar-refractivity contribution in [3.05, 3.63) is 0 Å². The molecule has 26 heavy (non-hydrogen) atoms. The fourth-order valence-electron chi connectivity index (χ4n) is 4.32. The summed E-state index contributed by atoms with van der Waals surface area (Å²) in [6.07, 6.45) is 31.5. The molecule has 0 saturated carbocycles. The van der Waals surface area contributed by atoms with E-state index in [9.17, 15) is 0 Å². The summed E-state index contributed by atoms with van der Waals surface area (Å²) in [5, 5.41) is 0. The normalized spacial score (nSPS) is 12.0. The monoisotopic (exact) mass is 385 g/mol. The van der Waals surface area contributed by atoms with Gasteiger partial charge in [-0.3, -0.25) is 0 Å². The van der Waals surface area contributed by atoms with Crippen molar-refractivity contribution < 1.29 is 0 Å². The Hall–Kier alpha value is 0.430. The molecule has 158 valence electrons. The van der Waals surface area contributed by atoms with Gasteiger partial charge < -0.3 is 0 Å². The highest BCUT2D eigenvalue weighted by Gasteiger charge is 2.34. The predicted octanol–water partition coefficient (Wildman–Crippen LogP) is 9.72. The first-order valence-electron chi connectivity index (χ1n) is 12.6. The molecule has 0 rings (SSSR count). The van der Waals surface area contributed by atoms with Gasteiger partial charge in [0.05, 0.1) is 24.6 Å². The number of hydrogen-bond acceptors (Lipinski definition) is 0. The van der Waals surface area contributed by atoms with Crippen LogP contribution in [0.1, 0.15) is 137 Å². The van der Waals surface area contributed by atoms with Crippen LogP contribution in [0, 0.1) is 0 Å². The molecule has 0 aromatic heterocycles. The molecule has 0 fully saturated rings. The molecule has 0 aromatic carbocycles. The summed E-state index contributed by atoms with van der Waals surface area (Å²) < 4.78 is 0. The minimum Gasteiger partial charge on any atom is -0.0654 e. The third-order valence-electron chi connectivity index (χ3n) is 6.19. The highest BCUT2D eigenvalue weighted by atomic mass is 31.2. The van der Waals surface area contributed by atoms with E-state index in [0.29, 0.717) is 0 Å². The van der Waals surface area contributed by atoms with Crippen LogP contribution in [-0.4, -0.2) is 24.6 Å². The van der Waals surface area contributed by atoms with E-state index in [2.05, 4.69) is 27.7 Å². The molecule has 0 saturated heterocycles. The molecule has 0 aliphatic carbocycles. The third-order valence-corrected chi connectivity index (χ3v) is 11.3. The maximum atomic E-state index is 2.40. The molecule has 0 spiro atoms. The molecule has 1 heteroatoms. The summed E-state index contributed by atoms with van der Waals surface area (Å²) in [7, 11) is -0.659. The van der Waals surface area contributed by atoms with Crippen molar-refractivity contribution in [1.29, 1.82) is 0 Å². The minimum absolute atomic E-state index is 0.659. The number of hydrogen-bond donors (Lipinski definition) is 0. The van der Waals surface area contributed by atoms with Gasteiger partial charge in [-0.05, 0) is 44.9 Å². The van der Waals surface area contributed by atoms with Crippen molar-refractivity contribution in [2.75, 3.05) is 24.6 Å². The molecule has 0 aliphatic rings. The lowest BCUT2D eigenvalue weighted by Gasteiger charge is -2.28. The highest BCUT2D eigenvalue weighted by molar-refractivity contribution is 7.75. The Kier molecular flexibility index (Phi) is 20.5. The lowest BCUT2D eigenvalue weighted by molar-refractivity contribution is 0.642. The first-order chi connectivity index (χ1) is 12.7. The van der Waals surface area contributed by atoms with Crippen LogP contribution in [0.5, 0.6) is 0 Å². The molecule has 0 aliphatic heterocycles. The SMILES string of the molecule is CCCCCCC[P+](CCCC)(CCCCCCC)CCCCCCC. The van der Waals surface area contributed by atoms with E-state index in [1.165, 1.54) is 89.9 Å². The smallest absolute Gasteiger partial charge is 0.0594 e. The van der Waals surface area contributed by atoms with Gasteiger partial charge in [0.25, 0.3) is 0 Å². The summed E-state index contributed by atoms with van der Waals surface area (Å²) in [6, 6.07) is 0. The Bertz CT molecular complexity index is 225. The van der Waals surface area contributed by atoms with Gasteiger partial charge in [-0.15, -0.1) is 0 Å². The quantitative estimate of drug-likeness (QED) is 0.136. The van der Waals surface area contributed by atoms with E-state index in [4.69, 9.17) is 0 Å². The maximum absolute atomic E-state index is 2.40. The fraction of sp³-hybridized carbons (Fsp3) is 1.00. The van der Waals surface area contributed by atoms with Gasteiger partial charge in [0.2, 0.25) is 0 Å². The summed E-state index contributed by atoms with van der Waals surface area (Å²) in [5.41, 5.74) is 0. The van der Waals surface area contributed by atoms with E-state index in [1.807, 2.05) is 0 Å².